The summed E-state index contributed by atoms with van der Waals surface area (Å²) in [6.45, 7) is 8.21. The molecule has 1 aromatic heterocycles. The minimum atomic E-state index is -0.377. The van der Waals surface area contributed by atoms with E-state index < -0.39 is 0 Å². The fraction of sp³-hybridized carbons (Fsp3) is 0.353. The molecule has 0 amide bonds. The number of hydrogen-bond donors (Lipinski definition) is 0. The number of pyridine rings is 1. The Balaban J connectivity index is 1.92. The van der Waals surface area contributed by atoms with Crippen molar-refractivity contribution in [3.8, 4) is 11.1 Å². The summed E-state index contributed by atoms with van der Waals surface area (Å²) in [7, 11) is -0.377. The van der Waals surface area contributed by atoms with Crippen molar-refractivity contribution in [3.63, 3.8) is 0 Å². The number of nitrogens with zero attached hydrogens (tertiary/aromatic N) is 1. The van der Waals surface area contributed by atoms with E-state index in [1.54, 1.807) is 6.20 Å². The lowest BCUT2D eigenvalue weighted by atomic mass is 9.79. The highest BCUT2D eigenvalue weighted by atomic mass is 16.7. The van der Waals surface area contributed by atoms with Gasteiger partial charge < -0.3 is 9.31 Å². The highest BCUT2D eigenvalue weighted by Gasteiger charge is 2.51. The summed E-state index contributed by atoms with van der Waals surface area (Å²) < 4.78 is 12.1. The summed E-state index contributed by atoms with van der Waals surface area (Å²) >= 11 is 0. The molecule has 3 nitrogen and oxygen atoms in total. The smallest absolute Gasteiger partial charge is 0.399 e. The lowest BCUT2D eigenvalue weighted by Crippen LogP contribution is -2.41. The molecule has 4 heteroatoms. The monoisotopic (exact) mass is 280 g/mol. The first-order valence-corrected chi connectivity index (χ1v) is 7.16. The van der Waals surface area contributed by atoms with Gasteiger partial charge in [0, 0.05) is 17.9 Å². The molecule has 3 rings (SSSR count). The molecule has 0 bridgehead atoms. The molecule has 1 radical (unpaired) electrons. The van der Waals surface area contributed by atoms with Crippen molar-refractivity contribution in [3.05, 3.63) is 48.8 Å². The first-order chi connectivity index (χ1) is 9.89. The summed E-state index contributed by atoms with van der Waals surface area (Å²) in [6, 6.07) is 12.9. The van der Waals surface area contributed by atoms with Gasteiger partial charge in [0.1, 0.15) is 0 Å². The van der Waals surface area contributed by atoms with Crippen molar-refractivity contribution in [2.75, 3.05) is 0 Å². The van der Waals surface area contributed by atoms with Crippen molar-refractivity contribution in [2.45, 2.75) is 38.9 Å². The molecule has 0 unspecified atom stereocenters. The van der Waals surface area contributed by atoms with Gasteiger partial charge >= 0.3 is 7.12 Å². The van der Waals surface area contributed by atoms with E-state index in [1.807, 2.05) is 30.5 Å². The van der Waals surface area contributed by atoms with Gasteiger partial charge in [0.25, 0.3) is 0 Å². The quantitative estimate of drug-likeness (QED) is 0.793. The van der Waals surface area contributed by atoms with Gasteiger partial charge in [0.05, 0.1) is 11.2 Å². The van der Waals surface area contributed by atoms with Gasteiger partial charge in [0.15, 0.2) is 0 Å². The highest BCUT2D eigenvalue weighted by Crippen LogP contribution is 2.36. The molecule has 1 saturated heterocycles. The Bertz CT molecular complexity index is 624. The molecule has 0 atom stereocenters. The zero-order valence-electron chi connectivity index (χ0n) is 12.9. The van der Waals surface area contributed by atoms with Crippen LogP contribution in [0.2, 0.25) is 0 Å². The Kier molecular flexibility index (Phi) is 3.38. The first kappa shape index (κ1) is 14.3. The SMILES string of the molecule is CC1(C)OB(c2cncc(-c3cc[c]cc3)c2)OC1(C)C. The van der Waals surface area contributed by atoms with Crippen molar-refractivity contribution in [2.24, 2.45) is 0 Å². The van der Waals surface area contributed by atoms with Crippen molar-refractivity contribution >= 4 is 12.6 Å². The first-order valence-electron chi connectivity index (χ1n) is 7.16. The largest absolute Gasteiger partial charge is 0.496 e. The van der Waals surface area contributed by atoms with E-state index >= 15 is 0 Å². The van der Waals surface area contributed by atoms with Gasteiger partial charge in [-0.2, -0.15) is 0 Å². The van der Waals surface area contributed by atoms with Gasteiger partial charge in [-0.05, 0) is 44.9 Å². The predicted octanol–water partition coefficient (Wildman–Crippen LogP) is 2.85. The van der Waals surface area contributed by atoms with Crippen molar-refractivity contribution in [1.82, 2.24) is 4.98 Å². The molecule has 1 aliphatic rings. The van der Waals surface area contributed by atoms with Crippen LogP contribution in [0.4, 0.5) is 0 Å². The van der Waals surface area contributed by atoms with Crippen LogP contribution in [-0.4, -0.2) is 23.3 Å². The highest BCUT2D eigenvalue weighted by molar-refractivity contribution is 6.62. The third kappa shape index (κ3) is 2.61. The van der Waals surface area contributed by atoms with Crippen LogP contribution in [0.3, 0.4) is 0 Å². The van der Waals surface area contributed by atoms with Gasteiger partial charge in [-0.3, -0.25) is 4.98 Å². The topological polar surface area (TPSA) is 31.4 Å². The molecule has 1 aromatic carbocycles. The van der Waals surface area contributed by atoms with E-state index in [-0.39, 0.29) is 18.3 Å². The third-order valence-corrected chi connectivity index (χ3v) is 4.34. The Morgan fingerprint density at radius 1 is 0.952 bits per heavy atom. The van der Waals surface area contributed by atoms with Gasteiger partial charge in [-0.1, -0.05) is 30.3 Å². The lowest BCUT2D eigenvalue weighted by Gasteiger charge is -2.32. The summed E-state index contributed by atoms with van der Waals surface area (Å²) in [6.07, 6.45) is 3.66. The van der Waals surface area contributed by atoms with E-state index in [0.717, 1.165) is 16.6 Å². The summed E-state index contributed by atoms with van der Waals surface area (Å²) in [5.74, 6) is 0. The van der Waals surface area contributed by atoms with Crippen LogP contribution in [0, 0.1) is 6.07 Å². The molecular formula is C17H19BNO2. The van der Waals surface area contributed by atoms with Crippen molar-refractivity contribution in [1.29, 1.82) is 0 Å². The fourth-order valence-corrected chi connectivity index (χ4v) is 2.30. The van der Waals surface area contributed by atoms with Crippen LogP contribution in [0.5, 0.6) is 0 Å². The molecule has 2 heterocycles. The molecule has 0 N–H and O–H groups in total. The van der Waals surface area contributed by atoms with E-state index in [4.69, 9.17) is 9.31 Å². The molecular weight excluding hydrogens is 261 g/mol. The zero-order valence-corrected chi connectivity index (χ0v) is 12.9. The molecule has 0 aliphatic carbocycles. The molecule has 107 valence electrons. The van der Waals surface area contributed by atoms with E-state index in [9.17, 15) is 0 Å². The second-order valence-electron chi connectivity index (χ2n) is 6.38. The molecule has 2 aromatic rings. The van der Waals surface area contributed by atoms with Crippen LogP contribution < -0.4 is 5.46 Å². The van der Waals surface area contributed by atoms with Gasteiger partial charge in [-0.25, -0.2) is 0 Å². The van der Waals surface area contributed by atoms with Crippen molar-refractivity contribution < 1.29 is 9.31 Å². The molecule has 1 aliphatic heterocycles. The molecule has 1 fully saturated rings. The number of aromatic nitrogens is 1. The van der Waals surface area contributed by atoms with Gasteiger partial charge in [-0.15, -0.1) is 0 Å². The predicted molar refractivity (Wildman–Crippen MR) is 84.2 cm³/mol. The normalized spacial score (nSPS) is 19.7. The average Bonchev–Trinajstić information content (AvgIpc) is 2.69. The molecule has 0 spiro atoms. The third-order valence-electron chi connectivity index (χ3n) is 4.34. The number of benzene rings is 1. The Morgan fingerprint density at radius 2 is 1.57 bits per heavy atom. The summed E-state index contributed by atoms with van der Waals surface area (Å²) in [4.78, 5) is 4.33. The Labute approximate surface area is 126 Å². The second-order valence-corrected chi connectivity index (χ2v) is 6.38. The zero-order chi connectivity index (χ0) is 15.1. The Hall–Kier alpha value is -1.65. The maximum absolute atomic E-state index is 6.07. The van der Waals surface area contributed by atoms with Crippen LogP contribution in [-0.2, 0) is 9.31 Å². The second kappa shape index (κ2) is 4.97. The molecule has 21 heavy (non-hydrogen) atoms. The van der Waals surface area contributed by atoms with Crippen LogP contribution >= 0.6 is 0 Å². The van der Waals surface area contributed by atoms with E-state index in [2.05, 4.69) is 44.8 Å². The Morgan fingerprint density at radius 3 is 2.19 bits per heavy atom. The van der Waals surface area contributed by atoms with E-state index in [1.165, 1.54) is 0 Å². The number of hydrogen-bond acceptors (Lipinski definition) is 3. The summed E-state index contributed by atoms with van der Waals surface area (Å²) in [5, 5.41) is 0. The maximum atomic E-state index is 6.07. The number of rotatable bonds is 2. The standard InChI is InChI=1S/C17H19BNO2/c1-16(2)17(3,4)21-18(20-16)15-10-14(11-19-12-15)13-8-6-5-7-9-13/h6-12H,1-4H3. The summed E-state index contributed by atoms with van der Waals surface area (Å²) in [5.41, 5.74) is 2.43. The van der Waals surface area contributed by atoms with Crippen LogP contribution in [0.1, 0.15) is 27.7 Å². The minimum Gasteiger partial charge on any atom is -0.399 e. The molecule has 0 saturated carbocycles. The van der Waals surface area contributed by atoms with Crippen LogP contribution in [0.25, 0.3) is 11.1 Å². The van der Waals surface area contributed by atoms with E-state index in [0.29, 0.717) is 0 Å². The van der Waals surface area contributed by atoms with Crippen LogP contribution in [0.15, 0.2) is 42.7 Å². The van der Waals surface area contributed by atoms with Gasteiger partial charge in [0.2, 0.25) is 0 Å². The minimum absolute atomic E-state index is 0.338. The lowest BCUT2D eigenvalue weighted by molar-refractivity contribution is 0.00578. The fourth-order valence-electron chi connectivity index (χ4n) is 2.30. The average molecular weight is 280 g/mol. The maximum Gasteiger partial charge on any atom is 0.496 e.